The number of anilines is 1. The Hall–Kier alpha value is -1.46. The molecule has 0 aliphatic heterocycles. The number of rotatable bonds is 3. The van der Waals surface area contributed by atoms with Crippen molar-refractivity contribution in [2.24, 2.45) is 0 Å². The maximum atomic E-state index is 11.6. The first-order valence-corrected chi connectivity index (χ1v) is 5.79. The Morgan fingerprint density at radius 1 is 1.50 bits per heavy atom. The zero-order valence-electron chi connectivity index (χ0n) is 8.18. The van der Waals surface area contributed by atoms with Crippen molar-refractivity contribution in [3.05, 3.63) is 39.9 Å². The van der Waals surface area contributed by atoms with Gasteiger partial charge in [-0.2, -0.15) is 0 Å². The van der Waals surface area contributed by atoms with Crippen LogP contribution < -0.4 is 5.32 Å². The molecular weight excluding hydrogens is 246 g/mol. The van der Waals surface area contributed by atoms with Gasteiger partial charge >= 0.3 is 0 Å². The summed E-state index contributed by atoms with van der Waals surface area (Å²) in [7, 11) is 0. The van der Waals surface area contributed by atoms with Gasteiger partial charge < -0.3 is 5.32 Å². The van der Waals surface area contributed by atoms with E-state index in [9.17, 15) is 4.79 Å². The Kier molecular flexibility index (Phi) is 3.48. The van der Waals surface area contributed by atoms with Gasteiger partial charge in [-0.3, -0.25) is 9.78 Å². The van der Waals surface area contributed by atoms with E-state index in [1.165, 1.54) is 12.4 Å². The fourth-order valence-corrected chi connectivity index (χ4v) is 2.01. The van der Waals surface area contributed by atoms with Crippen molar-refractivity contribution >= 4 is 34.7 Å². The van der Waals surface area contributed by atoms with Gasteiger partial charge in [0.25, 0.3) is 0 Å². The number of nitrogens with one attached hydrogen (secondary N) is 1. The Morgan fingerprint density at radius 2 is 2.38 bits per heavy atom. The molecule has 0 bridgehead atoms. The van der Waals surface area contributed by atoms with Crippen LogP contribution in [0.2, 0.25) is 5.15 Å². The summed E-state index contributed by atoms with van der Waals surface area (Å²) in [4.78, 5) is 20.3. The average molecular weight is 254 g/mol. The number of hydrogen-bond donors (Lipinski definition) is 1. The molecule has 0 saturated carbocycles. The lowest BCUT2D eigenvalue weighted by Gasteiger charge is -2.02. The highest BCUT2D eigenvalue weighted by Crippen LogP contribution is 2.11. The second-order valence-electron chi connectivity index (χ2n) is 3.03. The summed E-state index contributed by atoms with van der Waals surface area (Å²) >= 11 is 7.19. The highest BCUT2D eigenvalue weighted by Gasteiger charge is 2.06. The Balaban J connectivity index is 1.97. The summed E-state index contributed by atoms with van der Waals surface area (Å²) in [6.07, 6.45) is 3.21. The third-order valence-corrected chi connectivity index (χ3v) is 2.85. The lowest BCUT2D eigenvalue weighted by Crippen LogP contribution is -2.14. The zero-order chi connectivity index (χ0) is 11.4. The number of halogens is 1. The predicted octanol–water partition coefficient (Wildman–Crippen LogP) is 2.37. The largest absolute Gasteiger partial charge is 0.309 e. The van der Waals surface area contributed by atoms with Crippen LogP contribution in [0.3, 0.4) is 0 Å². The topological polar surface area (TPSA) is 54.9 Å². The molecule has 2 aromatic rings. The SMILES string of the molecule is O=C(Cc1cccs1)Nc1cncc(Cl)n1. The molecule has 1 amide bonds. The lowest BCUT2D eigenvalue weighted by atomic mass is 10.3. The molecule has 1 N–H and O–H groups in total. The molecule has 0 spiro atoms. The van der Waals surface area contributed by atoms with Crippen LogP contribution in [-0.2, 0) is 11.2 Å². The molecule has 4 nitrogen and oxygen atoms in total. The number of nitrogens with zero attached hydrogens (tertiary/aromatic N) is 2. The molecule has 0 atom stereocenters. The molecule has 0 fully saturated rings. The van der Waals surface area contributed by atoms with Crippen molar-refractivity contribution in [2.75, 3.05) is 5.32 Å². The van der Waals surface area contributed by atoms with E-state index in [1.54, 1.807) is 11.3 Å². The Morgan fingerprint density at radius 3 is 3.06 bits per heavy atom. The van der Waals surface area contributed by atoms with E-state index in [1.807, 2.05) is 17.5 Å². The first kappa shape index (κ1) is 11.0. The van der Waals surface area contributed by atoms with Gasteiger partial charge in [0.1, 0.15) is 5.15 Å². The van der Waals surface area contributed by atoms with Gasteiger partial charge in [0.15, 0.2) is 5.82 Å². The Bertz CT molecular complexity index is 487. The van der Waals surface area contributed by atoms with E-state index in [2.05, 4.69) is 15.3 Å². The highest BCUT2D eigenvalue weighted by atomic mass is 35.5. The van der Waals surface area contributed by atoms with Gasteiger partial charge in [0.2, 0.25) is 5.91 Å². The van der Waals surface area contributed by atoms with Gasteiger partial charge in [-0.1, -0.05) is 17.7 Å². The lowest BCUT2D eigenvalue weighted by molar-refractivity contribution is -0.115. The van der Waals surface area contributed by atoms with Gasteiger partial charge in [-0.25, -0.2) is 4.98 Å². The Labute approximate surface area is 101 Å². The molecule has 0 aromatic carbocycles. The molecule has 0 unspecified atom stereocenters. The summed E-state index contributed by atoms with van der Waals surface area (Å²) in [5.74, 6) is 0.244. The van der Waals surface area contributed by atoms with Crippen molar-refractivity contribution in [1.29, 1.82) is 0 Å². The summed E-state index contributed by atoms with van der Waals surface area (Å²) in [6.45, 7) is 0. The minimum Gasteiger partial charge on any atom is -0.309 e. The number of hydrogen-bond acceptors (Lipinski definition) is 4. The third-order valence-electron chi connectivity index (χ3n) is 1.79. The molecule has 0 radical (unpaired) electrons. The van der Waals surface area contributed by atoms with Crippen molar-refractivity contribution in [3.8, 4) is 0 Å². The first-order chi connectivity index (χ1) is 7.74. The van der Waals surface area contributed by atoms with Gasteiger partial charge in [0, 0.05) is 4.88 Å². The van der Waals surface area contributed by atoms with Gasteiger partial charge in [-0.15, -0.1) is 11.3 Å². The van der Waals surface area contributed by atoms with Crippen LogP contribution in [-0.4, -0.2) is 15.9 Å². The quantitative estimate of drug-likeness (QED) is 0.914. The molecule has 82 valence electrons. The van der Waals surface area contributed by atoms with Crippen molar-refractivity contribution in [3.63, 3.8) is 0 Å². The molecule has 0 aliphatic carbocycles. The van der Waals surface area contributed by atoms with E-state index in [0.717, 1.165) is 4.88 Å². The van der Waals surface area contributed by atoms with Crippen LogP contribution in [0.15, 0.2) is 29.9 Å². The van der Waals surface area contributed by atoms with Crippen LogP contribution in [0.1, 0.15) is 4.88 Å². The summed E-state index contributed by atoms with van der Waals surface area (Å²) in [6, 6.07) is 3.82. The maximum Gasteiger partial charge on any atom is 0.230 e. The fourth-order valence-electron chi connectivity index (χ4n) is 1.16. The van der Waals surface area contributed by atoms with E-state index < -0.39 is 0 Å². The fraction of sp³-hybridized carbons (Fsp3) is 0.100. The zero-order valence-corrected chi connectivity index (χ0v) is 9.76. The molecule has 6 heteroatoms. The van der Waals surface area contributed by atoms with E-state index in [0.29, 0.717) is 12.2 Å². The van der Waals surface area contributed by atoms with Crippen molar-refractivity contribution < 1.29 is 4.79 Å². The normalized spacial score (nSPS) is 10.1. The minimum atomic E-state index is -0.126. The summed E-state index contributed by atoms with van der Waals surface area (Å²) in [5, 5.41) is 4.82. The second kappa shape index (κ2) is 5.05. The van der Waals surface area contributed by atoms with E-state index >= 15 is 0 Å². The number of carbonyl (C=O) groups excluding carboxylic acids is 1. The molecular formula is C10H8ClN3OS. The molecule has 2 aromatic heterocycles. The van der Waals surface area contributed by atoms with Crippen LogP contribution in [0, 0.1) is 0 Å². The number of carbonyl (C=O) groups is 1. The highest BCUT2D eigenvalue weighted by molar-refractivity contribution is 7.10. The van der Waals surface area contributed by atoms with Crippen molar-refractivity contribution in [2.45, 2.75) is 6.42 Å². The third kappa shape index (κ3) is 3.01. The molecule has 0 aliphatic rings. The van der Waals surface area contributed by atoms with Gasteiger partial charge in [0.05, 0.1) is 18.8 Å². The molecule has 2 heterocycles. The monoisotopic (exact) mass is 253 g/mol. The molecule has 2 rings (SSSR count). The molecule has 16 heavy (non-hydrogen) atoms. The average Bonchev–Trinajstić information content (AvgIpc) is 2.70. The van der Waals surface area contributed by atoms with E-state index in [-0.39, 0.29) is 11.1 Å². The summed E-state index contributed by atoms with van der Waals surface area (Å²) in [5.41, 5.74) is 0. The number of aromatic nitrogens is 2. The second-order valence-corrected chi connectivity index (χ2v) is 4.45. The first-order valence-electron chi connectivity index (χ1n) is 4.54. The van der Waals surface area contributed by atoms with E-state index in [4.69, 9.17) is 11.6 Å². The number of amides is 1. The smallest absolute Gasteiger partial charge is 0.230 e. The van der Waals surface area contributed by atoms with Crippen LogP contribution in [0.25, 0.3) is 0 Å². The standard InChI is InChI=1S/C10H8ClN3OS/c11-8-5-12-6-9(13-8)14-10(15)4-7-2-1-3-16-7/h1-3,5-6H,4H2,(H,13,14,15). The van der Waals surface area contributed by atoms with Crippen LogP contribution in [0.5, 0.6) is 0 Å². The molecule has 0 saturated heterocycles. The van der Waals surface area contributed by atoms with Gasteiger partial charge in [-0.05, 0) is 11.4 Å². The summed E-state index contributed by atoms with van der Waals surface area (Å²) < 4.78 is 0. The van der Waals surface area contributed by atoms with Crippen molar-refractivity contribution in [1.82, 2.24) is 9.97 Å². The number of thiophene rings is 1. The van der Waals surface area contributed by atoms with Crippen LogP contribution >= 0.6 is 22.9 Å². The van der Waals surface area contributed by atoms with Crippen LogP contribution in [0.4, 0.5) is 5.82 Å². The maximum absolute atomic E-state index is 11.6. The minimum absolute atomic E-state index is 0.126. The predicted molar refractivity (Wildman–Crippen MR) is 63.7 cm³/mol.